The van der Waals surface area contributed by atoms with Crippen LogP contribution >= 0.6 is 0 Å². The van der Waals surface area contributed by atoms with Gasteiger partial charge in [0.05, 0.1) is 38.6 Å². The monoisotopic (exact) mass is 1190 g/mol. The Bertz CT molecular complexity index is 1860. The number of ether oxygens (including phenoxy) is 6. The lowest BCUT2D eigenvalue weighted by molar-refractivity contribution is -0.379. The summed E-state index contributed by atoms with van der Waals surface area (Å²) >= 11 is 0. The molecule has 19 nitrogen and oxygen atoms in total. The fraction of sp³-hybridized carbons (Fsp3) is 0.769. The molecule has 484 valence electrons. The largest absolute Gasteiger partial charge is 0.394 e. The first kappa shape index (κ1) is 75.2. The van der Waals surface area contributed by atoms with Crippen LogP contribution in [0.1, 0.15) is 187 Å². The van der Waals surface area contributed by atoms with Crippen LogP contribution < -0.4 is 5.32 Å². The van der Waals surface area contributed by atoms with Gasteiger partial charge in [0.1, 0.15) is 73.2 Å². The number of hydrogen-bond acceptors (Lipinski definition) is 18. The summed E-state index contributed by atoms with van der Waals surface area (Å²) in [6, 6.07) is -0.910. The summed E-state index contributed by atoms with van der Waals surface area (Å²) in [6.45, 7) is 1.63. The van der Waals surface area contributed by atoms with E-state index in [1.54, 1.807) is 0 Å². The van der Waals surface area contributed by atoms with Crippen molar-refractivity contribution in [1.82, 2.24) is 5.32 Å². The van der Waals surface area contributed by atoms with Gasteiger partial charge in [0.15, 0.2) is 18.9 Å². The molecule has 3 fully saturated rings. The zero-order chi connectivity index (χ0) is 61.2. The van der Waals surface area contributed by atoms with Crippen molar-refractivity contribution in [2.24, 2.45) is 0 Å². The highest BCUT2D eigenvalue weighted by molar-refractivity contribution is 5.76. The van der Waals surface area contributed by atoms with Gasteiger partial charge in [-0.2, -0.15) is 0 Å². The SMILES string of the molecule is CC/C=C\C/C=C\C/C=C\C/C=C\C/C=C\C/C=C\C/C=C\CCCCCC(=O)NC(COC1OC(CO)C(OC2OC(CO)C(OC3OC(CO)C(O)C(O)C3O)C(O)C2O)C(O)C1O)C(O)CCCCCCCCCCCCCCCC. The highest BCUT2D eigenvalue weighted by Crippen LogP contribution is 2.33. The number of nitrogens with one attached hydrogen (secondary N) is 1. The van der Waals surface area contributed by atoms with E-state index in [0.29, 0.717) is 19.3 Å². The molecule has 0 radical (unpaired) electrons. The van der Waals surface area contributed by atoms with E-state index in [4.69, 9.17) is 28.4 Å². The van der Waals surface area contributed by atoms with Gasteiger partial charge in [-0.05, 0) is 70.6 Å². The number of allylic oxidation sites excluding steroid dienone is 14. The van der Waals surface area contributed by atoms with Gasteiger partial charge in [0.25, 0.3) is 0 Å². The van der Waals surface area contributed by atoms with Gasteiger partial charge in [-0.1, -0.05) is 195 Å². The van der Waals surface area contributed by atoms with Crippen molar-refractivity contribution in [2.75, 3.05) is 26.4 Å². The fourth-order valence-electron chi connectivity index (χ4n) is 10.3. The second-order valence-corrected chi connectivity index (χ2v) is 22.5. The number of hydrogen-bond donors (Lipinski definition) is 12. The fourth-order valence-corrected chi connectivity index (χ4v) is 10.3. The molecule has 3 saturated heterocycles. The van der Waals surface area contributed by atoms with Crippen molar-refractivity contribution in [2.45, 2.75) is 291 Å². The minimum atomic E-state index is -1.98. The molecule has 3 rings (SSSR count). The van der Waals surface area contributed by atoms with E-state index in [1.807, 2.05) is 0 Å². The van der Waals surface area contributed by atoms with E-state index < -0.39 is 124 Å². The van der Waals surface area contributed by atoms with Crippen LogP contribution in [0.3, 0.4) is 0 Å². The Morgan fingerprint density at radius 1 is 0.440 bits per heavy atom. The summed E-state index contributed by atoms with van der Waals surface area (Å²) < 4.78 is 34.3. The van der Waals surface area contributed by atoms with Crippen LogP contribution in [0.2, 0.25) is 0 Å². The van der Waals surface area contributed by atoms with Crippen molar-refractivity contribution in [3.8, 4) is 0 Å². The van der Waals surface area contributed by atoms with Crippen LogP contribution in [0.15, 0.2) is 85.1 Å². The normalized spacial score (nSPS) is 29.8. The van der Waals surface area contributed by atoms with E-state index in [2.05, 4.69) is 104 Å². The molecule has 3 aliphatic rings. The lowest BCUT2D eigenvalue weighted by Gasteiger charge is -2.48. The van der Waals surface area contributed by atoms with Gasteiger partial charge in [-0.15, -0.1) is 0 Å². The van der Waals surface area contributed by atoms with Crippen molar-refractivity contribution >= 4 is 5.91 Å². The molecule has 0 spiro atoms. The molecule has 0 aromatic rings. The Morgan fingerprint density at radius 3 is 1.27 bits per heavy atom. The van der Waals surface area contributed by atoms with Gasteiger partial charge in [0.2, 0.25) is 5.91 Å². The first-order chi connectivity index (χ1) is 40.8. The molecule has 0 bridgehead atoms. The molecule has 0 aromatic heterocycles. The van der Waals surface area contributed by atoms with Crippen LogP contribution in [0.4, 0.5) is 0 Å². The smallest absolute Gasteiger partial charge is 0.220 e. The highest BCUT2D eigenvalue weighted by Gasteiger charge is 2.53. The van der Waals surface area contributed by atoms with Crippen LogP contribution in [0, 0.1) is 0 Å². The number of amides is 1. The second-order valence-electron chi connectivity index (χ2n) is 22.5. The van der Waals surface area contributed by atoms with Crippen LogP contribution in [0.25, 0.3) is 0 Å². The Kier molecular flexibility index (Phi) is 42.1. The molecule has 3 heterocycles. The highest BCUT2D eigenvalue weighted by atomic mass is 16.8. The zero-order valence-electron chi connectivity index (χ0n) is 50.6. The average Bonchev–Trinajstić information content (AvgIpc) is 3.68. The summed E-state index contributed by atoms with van der Waals surface area (Å²) in [5.41, 5.74) is 0. The molecule has 19 heteroatoms. The molecular weight excluding hydrogens is 1080 g/mol. The van der Waals surface area contributed by atoms with Crippen molar-refractivity contribution in [3.05, 3.63) is 85.1 Å². The van der Waals surface area contributed by atoms with Gasteiger partial charge >= 0.3 is 0 Å². The van der Waals surface area contributed by atoms with Crippen molar-refractivity contribution in [1.29, 1.82) is 0 Å². The Hall–Kier alpha value is -3.03. The molecule has 1 amide bonds. The number of carbonyl (C=O) groups is 1. The van der Waals surface area contributed by atoms with Gasteiger partial charge in [-0.25, -0.2) is 0 Å². The molecule has 0 saturated carbocycles. The van der Waals surface area contributed by atoms with Crippen LogP contribution in [-0.4, -0.2) is 193 Å². The molecule has 17 unspecified atom stereocenters. The zero-order valence-corrected chi connectivity index (χ0v) is 50.6. The molecule has 12 N–H and O–H groups in total. The van der Waals surface area contributed by atoms with E-state index in [0.717, 1.165) is 83.5 Å². The van der Waals surface area contributed by atoms with E-state index >= 15 is 0 Å². The molecule has 17 atom stereocenters. The third kappa shape index (κ3) is 29.8. The molecule has 3 aliphatic heterocycles. The Balaban J connectivity index is 1.47. The minimum Gasteiger partial charge on any atom is -0.394 e. The maximum absolute atomic E-state index is 13.4. The van der Waals surface area contributed by atoms with E-state index in [-0.39, 0.29) is 18.9 Å². The number of unbranched alkanes of at least 4 members (excludes halogenated alkanes) is 16. The molecule has 0 aromatic carbocycles. The average molecular weight is 1190 g/mol. The third-order valence-electron chi connectivity index (χ3n) is 15.5. The lowest BCUT2D eigenvalue weighted by Crippen LogP contribution is -2.66. The Morgan fingerprint density at radius 2 is 0.821 bits per heavy atom. The van der Waals surface area contributed by atoms with Gasteiger partial charge in [0, 0.05) is 6.42 Å². The summed E-state index contributed by atoms with van der Waals surface area (Å²) in [7, 11) is 0. The number of aliphatic hydroxyl groups excluding tert-OH is 11. The summed E-state index contributed by atoms with van der Waals surface area (Å²) in [4.78, 5) is 13.4. The maximum atomic E-state index is 13.4. The maximum Gasteiger partial charge on any atom is 0.220 e. The Labute approximate surface area is 501 Å². The van der Waals surface area contributed by atoms with Gasteiger partial charge < -0.3 is 89.9 Å². The van der Waals surface area contributed by atoms with E-state index in [1.165, 1.54) is 64.2 Å². The third-order valence-corrected chi connectivity index (χ3v) is 15.5. The summed E-state index contributed by atoms with van der Waals surface area (Å²) in [5, 5.41) is 120. The van der Waals surface area contributed by atoms with E-state index in [9.17, 15) is 61.0 Å². The quantitative estimate of drug-likeness (QED) is 0.0221. The predicted octanol–water partition coefficient (Wildman–Crippen LogP) is 6.76. The van der Waals surface area contributed by atoms with Gasteiger partial charge in [-0.3, -0.25) is 4.79 Å². The predicted molar refractivity (Wildman–Crippen MR) is 323 cm³/mol. The second kappa shape index (κ2) is 47.0. The first-order valence-corrected chi connectivity index (χ1v) is 31.8. The first-order valence-electron chi connectivity index (χ1n) is 31.8. The molecule has 84 heavy (non-hydrogen) atoms. The van der Waals surface area contributed by atoms with Crippen molar-refractivity contribution in [3.63, 3.8) is 0 Å². The number of carbonyl (C=O) groups excluding carboxylic acids is 1. The topological polar surface area (TPSA) is 307 Å². The number of aliphatic hydroxyl groups is 11. The van der Waals surface area contributed by atoms with Crippen LogP contribution in [0.5, 0.6) is 0 Å². The minimum absolute atomic E-state index is 0.221. The summed E-state index contributed by atoms with van der Waals surface area (Å²) in [5.74, 6) is -0.279. The van der Waals surface area contributed by atoms with Crippen LogP contribution in [-0.2, 0) is 33.2 Å². The lowest BCUT2D eigenvalue weighted by atomic mass is 9.96. The molecule has 0 aliphatic carbocycles. The number of rotatable bonds is 46. The van der Waals surface area contributed by atoms with Crippen molar-refractivity contribution < 1.29 is 89.4 Å². The molecular formula is C65H111NO18. The summed E-state index contributed by atoms with van der Waals surface area (Å²) in [6.07, 6.45) is 30.9. The standard InChI is InChI=1S/C65H111NO18/c1-3-5-7-9-11-13-15-17-19-20-21-22-23-24-25-26-27-28-29-31-33-35-37-39-41-43-53(71)66-48(49(70)42-40-38-36-34-32-30-18-16-14-12-10-8-6-4-2)47-79-63-59(77)56(74)61(51(45-68)81-63)84-65-60(78)57(75)62(52(46-69)82-65)83-64-58(76)55(73)54(72)50(44-67)80-64/h5,7,11,13,17,19,21-22,24-25,27-28,31,33,48-52,54-65,67-70,72-78H,3-4,6,8-10,12,14-16,18,20,23,26,29-30,32,34-47H2,1-2H3,(H,66,71)/b7-5-,13-11-,19-17-,22-21-,25-24-,28-27-,33-31-.